The summed E-state index contributed by atoms with van der Waals surface area (Å²) < 4.78 is 58.9. The van der Waals surface area contributed by atoms with E-state index in [1.165, 1.54) is 18.3 Å². The van der Waals surface area contributed by atoms with Gasteiger partial charge in [-0.05, 0) is 30.2 Å². The molecule has 7 nitrogen and oxygen atoms in total. The van der Waals surface area contributed by atoms with E-state index in [-0.39, 0.29) is 24.7 Å². The monoisotopic (exact) mass is 442 g/mol. The molecule has 1 amide bonds. The molecule has 1 aromatic heterocycles. The van der Waals surface area contributed by atoms with Crippen molar-refractivity contribution in [3.8, 4) is 11.5 Å². The normalized spacial score (nSPS) is 12.0. The average molecular weight is 442 g/mol. The number of alkyl halides is 3. The first kappa shape index (κ1) is 23.9. The number of nitrogens with one attached hydrogen (secondary N) is 1. The van der Waals surface area contributed by atoms with Crippen molar-refractivity contribution in [3.63, 3.8) is 0 Å². The lowest BCUT2D eigenvalue weighted by Crippen LogP contribution is -2.28. The van der Waals surface area contributed by atoms with Gasteiger partial charge in [-0.25, -0.2) is 4.39 Å². The van der Waals surface area contributed by atoms with Crippen molar-refractivity contribution in [1.82, 2.24) is 10.3 Å². The van der Waals surface area contributed by atoms with Gasteiger partial charge in [0.2, 0.25) is 0 Å². The molecule has 3 N–H and O–H groups in total. The van der Waals surface area contributed by atoms with Crippen LogP contribution in [0.4, 0.5) is 17.6 Å². The average Bonchev–Trinajstić information content (AvgIpc) is 2.70. The van der Waals surface area contributed by atoms with E-state index in [4.69, 9.17) is 10.5 Å². The predicted octanol–water partition coefficient (Wildman–Crippen LogP) is 3.29. The molecule has 1 heterocycles. The first-order valence-electron chi connectivity index (χ1n) is 9.28. The van der Waals surface area contributed by atoms with Crippen LogP contribution in [-0.4, -0.2) is 42.8 Å². The molecule has 0 aliphatic carbocycles. The van der Waals surface area contributed by atoms with Gasteiger partial charge in [0, 0.05) is 24.4 Å². The number of aliphatic imine (C=N–C) groups is 1. The fourth-order valence-electron chi connectivity index (χ4n) is 2.29. The zero-order valence-corrected chi connectivity index (χ0v) is 16.9. The van der Waals surface area contributed by atoms with Gasteiger partial charge in [0.15, 0.2) is 11.6 Å². The van der Waals surface area contributed by atoms with E-state index in [0.29, 0.717) is 23.7 Å². The second-order valence-corrected chi connectivity index (χ2v) is 6.79. The number of rotatable bonds is 9. The molecule has 0 unspecified atom stereocenters. The van der Waals surface area contributed by atoms with E-state index < -0.39 is 23.8 Å². The number of halogens is 4. The summed E-state index contributed by atoms with van der Waals surface area (Å²) in [5, 5.41) is 2.60. The standard InChI is InChI=1S/C20H22F4N4O3/c1-12(2)11-28-18(25)16-9-13(5-6-26-16)19(29)27-7-8-30-14-3-4-17(15(21)10-14)31-20(22,23)24/h3-6,9-10,12H,7-8,11H2,1-2H3,(H2,25,28)(H,27,29). The molecule has 0 spiro atoms. The van der Waals surface area contributed by atoms with Crippen LogP contribution in [0.3, 0.4) is 0 Å². The molecule has 1 aromatic carbocycles. The molecule has 0 saturated heterocycles. The molecule has 31 heavy (non-hydrogen) atoms. The van der Waals surface area contributed by atoms with Gasteiger partial charge in [0.1, 0.15) is 23.9 Å². The van der Waals surface area contributed by atoms with Crippen LogP contribution in [0.2, 0.25) is 0 Å². The Morgan fingerprint density at radius 3 is 2.65 bits per heavy atom. The zero-order chi connectivity index (χ0) is 23.0. The van der Waals surface area contributed by atoms with Gasteiger partial charge in [0.25, 0.3) is 5.91 Å². The summed E-state index contributed by atoms with van der Waals surface area (Å²) in [5.74, 6) is -2.05. The number of ether oxygens (including phenoxy) is 2. The molecule has 2 aromatic rings. The van der Waals surface area contributed by atoms with Crippen molar-refractivity contribution in [2.45, 2.75) is 20.2 Å². The molecule has 0 aliphatic heterocycles. The quantitative estimate of drug-likeness (QED) is 0.269. The summed E-state index contributed by atoms with van der Waals surface area (Å²) in [7, 11) is 0. The Morgan fingerprint density at radius 2 is 2.00 bits per heavy atom. The first-order chi connectivity index (χ1) is 14.5. The van der Waals surface area contributed by atoms with E-state index in [9.17, 15) is 22.4 Å². The summed E-state index contributed by atoms with van der Waals surface area (Å²) in [4.78, 5) is 20.6. The Morgan fingerprint density at radius 1 is 1.26 bits per heavy atom. The van der Waals surface area contributed by atoms with Crippen molar-refractivity contribution in [3.05, 3.63) is 53.6 Å². The molecule has 0 radical (unpaired) electrons. The van der Waals surface area contributed by atoms with Crippen LogP contribution in [0, 0.1) is 11.7 Å². The van der Waals surface area contributed by atoms with Crippen LogP contribution in [0.15, 0.2) is 41.5 Å². The van der Waals surface area contributed by atoms with Gasteiger partial charge < -0.3 is 20.5 Å². The highest BCUT2D eigenvalue weighted by Gasteiger charge is 2.32. The molecule has 0 saturated carbocycles. The van der Waals surface area contributed by atoms with Crippen LogP contribution in [0.1, 0.15) is 29.9 Å². The first-order valence-corrected chi connectivity index (χ1v) is 9.28. The highest BCUT2D eigenvalue weighted by Crippen LogP contribution is 2.28. The number of nitrogens with zero attached hydrogens (tertiary/aromatic N) is 2. The van der Waals surface area contributed by atoms with E-state index in [0.717, 1.165) is 18.2 Å². The van der Waals surface area contributed by atoms with E-state index >= 15 is 0 Å². The maximum atomic E-state index is 13.6. The third-order valence-electron chi connectivity index (χ3n) is 3.70. The minimum Gasteiger partial charge on any atom is -0.492 e. The van der Waals surface area contributed by atoms with Crippen LogP contribution < -0.4 is 20.5 Å². The second-order valence-electron chi connectivity index (χ2n) is 6.79. The maximum Gasteiger partial charge on any atom is 0.573 e. The van der Waals surface area contributed by atoms with Crippen molar-refractivity contribution >= 4 is 11.7 Å². The van der Waals surface area contributed by atoms with Gasteiger partial charge in [0.05, 0.1) is 6.54 Å². The summed E-state index contributed by atoms with van der Waals surface area (Å²) in [5.41, 5.74) is 6.58. The number of hydrogen-bond acceptors (Lipinski definition) is 5. The van der Waals surface area contributed by atoms with Gasteiger partial charge >= 0.3 is 6.36 Å². The van der Waals surface area contributed by atoms with Gasteiger partial charge in [-0.3, -0.25) is 14.8 Å². The number of nitrogens with two attached hydrogens (primary N) is 1. The molecule has 0 fully saturated rings. The predicted molar refractivity (Wildman–Crippen MR) is 106 cm³/mol. The molecular formula is C20H22F4N4O3. The van der Waals surface area contributed by atoms with E-state index in [2.05, 4.69) is 20.0 Å². The van der Waals surface area contributed by atoms with Crippen molar-refractivity contribution in [2.24, 2.45) is 16.6 Å². The number of amidine groups is 1. The number of carbonyl (C=O) groups excluding carboxylic acids is 1. The Labute approximate surface area is 176 Å². The van der Waals surface area contributed by atoms with E-state index in [1.54, 1.807) is 0 Å². The molecular weight excluding hydrogens is 420 g/mol. The summed E-state index contributed by atoms with van der Waals surface area (Å²) in [6, 6.07) is 5.70. The van der Waals surface area contributed by atoms with Crippen LogP contribution in [0.5, 0.6) is 11.5 Å². The molecule has 168 valence electrons. The molecule has 0 bridgehead atoms. The Bertz CT molecular complexity index is 933. The topological polar surface area (TPSA) is 98.8 Å². The lowest BCUT2D eigenvalue weighted by atomic mass is 10.2. The van der Waals surface area contributed by atoms with Crippen LogP contribution in [0.25, 0.3) is 0 Å². The SMILES string of the molecule is CC(C)CN=C(N)c1cc(C(=O)NCCOc2ccc(OC(F)(F)F)c(F)c2)ccn1. The highest BCUT2D eigenvalue weighted by atomic mass is 19.4. The van der Waals surface area contributed by atoms with Gasteiger partial charge in [-0.2, -0.15) is 0 Å². The number of hydrogen-bond donors (Lipinski definition) is 2. The third kappa shape index (κ3) is 8.11. The zero-order valence-electron chi connectivity index (χ0n) is 16.9. The molecule has 2 rings (SSSR count). The largest absolute Gasteiger partial charge is 0.573 e. The van der Waals surface area contributed by atoms with Crippen molar-refractivity contribution in [2.75, 3.05) is 19.7 Å². The summed E-state index contributed by atoms with van der Waals surface area (Å²) >= 11 is 0. The smallest absolute Gasteiger partial charge is 0.492 e. The number of pyridine rings is 1. The minimum absolute atomic E-state index is 0.0124. The number of benzene rings is 1. The fourth-order valence-corrected chi connectivity index (χ4v) is 2.29. The van der Waals surface area contributed by atoms with E-state index in [1.807, 2.05) is 13.8 Å². The van der Waals surface area contributed by atoms with Crippen molar-refractivity contribution < 1.29 is 31.8 Å². The molecule has 11 heteroatoms. The fraction of sp³-hybridized carbons (Fsp3) is 0.350. The van der Waals surface area contributed by atoms with Gasteiger partial charge in [-0.15, -0.1) is 13.2 Å². The number of aromatic nitrogens is 1. The molecule has 0 atom stereocenters. The highest BCUT2D eigenvalue weighted by molar-refractivity contribution is 6.00. The Hall–Kier alpha value is -3.37. The molecule has 0 aliphatic rings. The number of carbonyl (C=O) groups is 1. The summed E-state index contributed by atoms with van der Waals surface area (Å²) in [6.07, 6.45) is -3.56. The Balaban J connectivity index is 1.86. The lowest BCUT2D eigenvalue weighted by Gasteiger charge is -2.12. The summed E-state index contributed by atoms with van der Waals surface area (Å²) in [6.45, 7) is 4.55. The van der Waals surface area contributed by atoms with Crippen LogP contribution in [-0.2, 0) is 0 Å². The third-order valence-corrected chi connectivity index (χ3v) is 3.70. The van der Waals surface area contributed by atoms with Gasteiger partial charge in [-0.1, -0.05) is 13.8 Å². The lowest BCUT2D eigenvalue weighted by molar-refractivity contribution is -0.275. The maximum absolute atomic E-state index is 13.6. The minimum atomic E-state index is -4.99. The Kier molecular flexibility index (Phi) is 8.17. The second kappa shape index (κ2) is 10.6. The van der Waals surface area contributed by atoms with Crippen LogP contribution >= 0.6 is 0 Å². The number of amides is 1. The van der Waals surface area contributed by atoms with Crippen molar-refractivity contribution in [1.29, 1.82) is 0 Å².